The van der Waals surface area contributed by atoms with Crippen molar-refractivity contribution in [1.82, 2.24) is 5.32 Å². The van der Waals surface area contributed by atoms with Gasteiger partial charge >= 0.3 is 5.97 Å². The number of carbonyl (C=O) groups is 2. The van der Waals surface area contributed by atoms with Crippen LogP contribution in [0.3, 0.4) is 0 Å². The molecule has 1 N–H and O–H groups in total. The molecule has 1 aromatic rings. The second kappa shape index (κ2) is 8.70. The van der Waals surface area contributed by atoms with E-state index in [0.29, 0.717) is 25.1 Å². The molecular weight excluding hydrogens is 256 g/mol. The Morgan fingerprint density at radius 2 is 2.05 bits per heavy atom. The molecule has 0 aliphatic rings. The van der Waals surface area contributed by atoms with Gasteiger partial charge in [0, 0.05) is 13.0 Å². The van der Waals surface area contributed by atoms with Crippen molar-refractivity contribution in [3.63, 3.8) is 0 Å². The van der Waals surface area contributed by atoms with Crippen molar-refractivity contribution in [2.45, 2.75) is 25.7 Å². The van der Waals surface area contributed by atoms with E-state index in [0.717, 1.165) is 0 Å². The molecule has 0 radical (unpaired) electrons. The Labute approximate surface area is 118 Å². The highest BCUT2D eigenvalue weighted by atomic mass is 16.5. The van der Waals surface area contributed by atoms with Crippen LogP contribution in [0.1, 0.15) is 31.2 Å². The fraction of sp³-hybridized carbons (Fsp3) is 0.400. The Morgan fingerprint density at radius 3 is 2.65 bits per heavy atom. The molecule has 0 heterocycles. The molecule has 5 nitrogen and oxygen atoms in total. The van der Waals surface area contributed by atoms with Crippen LogP contribution in [0.25, 0.3) is 0 Å². The van der Waals surface area contributed by atoms with Gasteiger partial charge in [0.25, 0.3) is 0 Å². The van der Waals surface area contributed by atoms with Crippen LogP contribution in [0.15, 0.2) is 30.3 Å². The number of hydrogen-bond donors (Lipinski definition) is 1. The maximum absolute atomic E-state index is 11.9. The van der Waals surface area contributed by atoms with Crippen molar-refractivity contribution in [2.24, 2.45) is 0 Å². The van der Waals surface area contributed by atoms with E-state index in [9.17, 15) is 9.59 Å². The topological polar surface area (TPSA) is 79.2 Å². The normalized spacial score (nSPS) is 11.2. The summed E-state index contributed by atoms with van der Waals surface area (Å²) in [6.45, 7) is 2.45. The van der Waals surface area contributed by atoms with Gasteiger partial charge in [0.05, 0.1) is 12.7 Å². The fourth-order valence-electron chi connectivity index (χ4n) is 1.71. The second-order valence-corrected chi connectivity index (χ2v) is 4.17. The first-order valence-corrected chi connectivity index (χ1v) is 6.57. The van der Waals surface area contributed by atoms with Crippen LogP contribution in [0, 0.1) is 11.3 Å². The van der Waals surface area contributed by atoms with Gasteiger partial charge < -0.3 is 10.1 Å². The predicted molar refractivity (Wildman–Crippen MR) is 73.7 cm³/mol. The number of benzene rings is 1. The standard InChI is InChI=1S/C15H18N2O3/c1-2-20-14(18)9-6-10-17-15(19)13(11-16)12-7-4-3-5-8-12/h3-5,7-8,13H,2,6,9-10H2,1H3,(H,17,19). The summed E-state index contributed by atoms with van der Waals surface area (Å²) < 4.78 is 4.78. The van der Waals surface area contributed by atoms with E-state index < -0.39 is 5.92 Å². The number of nitrogens with one attached hydrogen (secondary N) is 1. The van der Waals surface area contributed by atoms with Gasteiger partial charge in [-0.05, 0) is 18.9 Å². The van der Waals surface area contributed by atoms with Gasteiger partial charge in [0.2, 0.25) is 5.91 Å². The van der Waals surface area contributed by atoms with Gasteiger partial charge in [0.15, 0.2) is 0 Å². The molecule has 0 saturated carbocycles. The summed E-state index contributed by atoms with van der Waals surface area (Å²) in [6, 6.07) is 10.9. The van der Waals surface area contributed by atoms with Crippen molar-refractivity contribution in [3.05, 3.63) is 35.9 Å². The molecule has 1 unspecified atom stereocenters. The van der Waals surface area contributed by atoms with Crippen molar-refractivity contribution < 1.29 is 14.3 Å². The Bertz CT molecular complexity index is 480. The van der Waals surface area contributed by atoms with Crippen molar-refractivity contribution in [3.8, 4) is 6.07 Å². The number of rotatable bonds is 7. The lowest BCUT2D eigenvalue weighted by Crippen LogP contribution is -2.29. The summed E-state index contributed by atoms with van der Waals surface area (Å²) in [4.78, 5) is 23.0. The molecule has 0 aliphatic carbocycles. The highest BCUT2D eigenvalue weighted by Crippen LogP contribution is 2.14. The smallest absolute Gasteiger partial charge is 0.305 e. The van der Waals surface area contributed by atoms with E-state index >= 15 is 0 Å². The van der Waals surface area contributed by atoms with Crippen LogP contribution in [0.5, 0.6) is 0 Å². The van der Waals surface area contributed by atoms with Crippen molar-refractivity contribution in [2.75, 3.05) is 13.2 Å². The molecular formula is C15H18N2O3. The zero-order valence-corrected chi connectivity index (χ0v) is 11.5. The monoisotopic (exact) mass is 274 g/mol. The largest absolute Gasteiger partial charge is 0.466 e. The van der Waals surface area contributed by atoms with Gasteiger partial charge in [-0.25, -0.2) is 0 Å². The summed E-state index contributed by atoms with van der Waals surface area (Å²) in [5.41, 5.74) is 0.665. The first kappa shape index (κ1) is 15.7. The van der Waals surface area contributed by atoms with Crippen LogP contribution in [0.2, 0.25) is 0 Å². The summed E-state index contributed by atoms with van der Waals surface area (Å²) >= 11 is 0. The maximum Gasteiger partial charge on any atom is 0.305 e. The highest BCUT2D eigenvalue weighted by molar-refractivity contribution is 5.86. The summed E-state index contributed by atoms with van der Waals surface area (Å²) in [7, 11) is 0. The van der Waals surface area contributed by atoms with Crippen LogP contribution in [-0.2, 0) is 14.3 Å². The Kier molecular flexibility index (Phi) is 6.83. The summed E-state index contributed by atoms with van der Waals surface area (Å²) in [5, 5.41) is 11.7. The third-order valence-corrected chi connectivity index (χ3v) is 2.69. The first-order valence-electron chi connectivity index (χ1n) is 6.57. The Hall–Kier alpha value is -2.35. The molecule has 0 saturated heterocycles. The minimum atomic E-state index is -0.821. The van der Waals surface area contributed by atoms with Gasteiger partial charge in [0.1, 0.15) is 5.92 Å². The van der Waals surface area contributed by atoms with Crippen molar-refractivity contribution in [1.29, 1.82) is 5.26 Å². The average Bonchev–Trinajstić information content (AvgIpc) is 2.46. The number of ether oxygens (including phenoxy) is 1. The van der Waals surface area contributed by atoms with Gasteiger partial charge in [-0.2, -0.15) is 5.26 Å². The van der Waals surface area contributed by atoms with Crippen molar-refractivity contribution >= 4 is 11.9 Å². The summed E-state index contributed by atoms with van der Waals surface area (Å²) in [5.74, 6) is -1.44. The lowest BCUT2D eigenvalue weighted by molar-refractivity contribution is -0.143. The third-order valence-electron chi connectivity index (χ3n) is 2.69. The Balaban J connectivity index is 2.38. The number of hydrogen-bond acceptors (Lipinski definition) is 4. The lowest BCUT2D eigenvalue weighted by Gasteiger charge is -2.10. The zero-order valence-electron chi connectivity index (χ0n) is 11.5. The van der Waals surface area contributed by atoms with Crippen LogP contribution >= 0.6 is 0 Å². The highest BCUT2D eigenvalue weighted by Gasteiger charge is 2.19. The molecule has 0 aliphatic heterocycles. The number of nitriles is 1. The minimum absolute atomic E-state index is 0.261. The zero-order chi connectivity index (χ0) is 14.8. The van der Waals surface area contributed by atoms with E-state index in [1.165, 1.54) is 0 Å². The molecule has 0 aromatic heterocycles. The molecule has 0 spiro atoms. The van der Waals surface area contributed by atoms with E-state index in [1.54, 1.807) is 31.2 Å². The predicted octanol–water partition coefficient (Wildman–Crippen LogP) is 1.75. The Morgan fingerprint density at radius 1 is 1.35 bits per heavy atom. The van der Waals surface area contributed by atoms with E-state index in [-0.39, 0.29) is 18.3 Å². The third kappa shape index (κ3) is 5.11. The lowest BCUT2D eigenvalue weighted by atomic mass is 10.00. The second-order valence-electron chi connectivity index (χ2n) is 4.17. The fourth-order valence-corrected chi connectivity index (χ4v) is 1.71. The van der Waals surface area contributed by atoms with Gasteiger partial charge in [-0.1, -0.05) is 30.3 Å². The van der Waals surface area contributed by atoms with E-state index in [1.807, 2.05) is 12.1 Å². The van der Waals surface area contributed by atoms with Crippen LogP contribution in [0.4, 0.5) is 0 Å². The SMILES string of the molecule is CCOC(=O)CCCNC(=O)C(C#N)c1ccccc1. The van der Waals surface area contributed by atoms with E-state index in [4.69, 9.17) is 10.00 Å². The average molecular weight is 274 g/mol. The summed E-state index contributed by atoms with van der Waals surface area (Å²) in [6.07, 6.45) is 0.758. The number of nitrogens with zero attached hydrogens (tertiary/aromatic N) is 1. The maximum atomic E-state index is 11.9. The molecule has 106 valence electrons. The number of carbonyl (C=O) groups excluding carboxylic acids is 2. The van der Waals surface area contributed by atoms with Gasteiger partial charge in [-0.3, -0.25) is 9.59 Å². The minimum Gasteiger partial charge on any atom is -0.466 e. The first-order chi connectivity index (χ1) is 9.69. The molecule has 1 rings (SSSR count). The van der Waals surface area contributed by atoms with E-state index in [2.05, 4.69) is 5.32 Å². The van der Waals surface area contributed by atoms with Gasteiger partial charge in [-0.15, -0.1) is 0 Å². The molecule has 1 atom stereocenters. The molecule has 5 heteroatoms. The molecule has 0 bridgehead atoms. The quantitative estimate of drug-likeness (QED) is 0.607. The number of esters is 1. The van der Waals surface area contributed by atoms with Crippen LogP contribution < -0.4 is 5.32 Å². The number of amides is 1. The molecule has 1 aromatic carbocycles. The molecule has 1 amide bonds. The molecule has 20 heavy (non-hydrogen) atoms. The van der Waals surface area contributed by atoms with Crippen LogP contribution in [-0.4, -0.2) is 25.0 Å². The molecule has 0 fully saturated rings.